The van der Waals surface area contributed by atoms with E-state index in [9.17, 15) is 4.79 Å². The van der Waals surface area contributed by atoms with Crippen molar-refractivity contribution in [2.45, 2.75) is 4.75 Å². The first-order valence-electron chi connectivity index (χ1n) is 5.68. The molecule has 0 unspecified atom stereocenters. The molecule has 1 amide bonds. The van der Waals surface area contributed by atoms with Crippen LogP contribution in [0.3, 0.4) is 0 Å². The van der Waals surface area contributed by atoms with Gasteiger partial charge in [0.1, 0.15) is 4.75 Å². The second kappa shape index (κ2) is 5.27. The first-order chi connectivity index (χ1) is 8.71. The Morgan fingerprint density at radius 3 is 1.61 bits per heavy atom. The van der Waals surface area contributed by atoms with Gasteiger partial charge in [0.05, 0.1) is 0 Å². The molecule has 18 heavy (non-hydrogen) atoms. The normalized spacial score (nSPS) is 11.2. The molecular weight excluding hydrogens is 242 g/mol. The number of hydrogen-bond donors (Lipinski definition) is 1. The van der Waals surface area contributed by atoms with E-state index >= 15 is 0 Å². The number of benzene rings is 2. The molecule has 0 atom stereocenters. The molecule has 0 fully saturated rings. The highest BCUT2D eigenvalue weighted by Crippen LogP contribution is 2.41. The van der Waals surface area contributed by atoms with Gasteiger partial charge in [-0.15, -0.1) is 11.8 Å². The molecule has 2 rings (SSSR count). The monoisotopic (exact) mass is 257 g/mol. The molecule has 0 saturated carbocycles. The molecule has 0 spiro atoms. The van der Waals surface area contributed by atoms with Gasteiger partial charge >= 0.3 is 0 Å². The minimum Gasteiger partial charge on any atom is -0.368 e. The minimum atomic E-state index is -0.817. The van der Waals surface area contributed by atoms with Crippen molar-refractivity contribution in [2.75, 3.05) is 6.26 Å². The number of rotatable bonds is 4. The lowest BCUT2D eigenvalue weighted by atomic mass is 9.89. The third kappa shape index (κ3) is 2.02. The molecule has 92 valence electrons. The Morgan fingerprint density at radius 2 is 1.33 bits per heavy atom. The van der Waals surface area contributed by atoms with Crippen LogP contribution in [0.15, 0.2) is 60.7 Å². The van der Waals surface area contributed by atoms with Crippen LogP contribution in [0.5, 0.6) is 0 Å². The van der Waals surface area contributed by atoms with Gasteiger partial charge in [-0.25, -0.2) is 0 Å². The van der Waals surface area contributed by atoms with Crippen LogP contribution in [-0.2, 0) is 9.54 Å². The average molecular weight is 257 g/mol. The Bertz CT molecular complexity index is 485. The number of nitrogens with two attached hydrogens (primary N) is 1. The Kier molecular flexibility index (Phi) is 3.72. The molecule has 0 heterocycles. The Morgan fingerprint density at radius 1 is 0.944 bits per heavy atom. The lowest BCUT2D eigenvalue weighted by Gasteiger charge is -2.29. The number of thioether (sulfide) groups is 1. The Hall–Kier alpha value is -1.74. The van der Waals surface area contributed by atoms with E-state index in [4.69, 9.17) is 5.73 Å². The van der Waals surface area contributed by atoms with Crippen molar-refractivity contribution < 1.29 is 4.79 Å². The van der Waals surface area contributed by atoms with Crippen LogP contribution in [0, 0.1) is 0 Å². The van der Waals surface area contributed by atoms with Gasteiger partial charge in [-0.3, -0.25) is 4.79 Å². The van der Waals surface area contributed by atoms with E-state index in [2.05, 4.69) is 0 Å². The molecule has 3 heteroatoms. The molecule has 2 N–H and O–H groups in total. The highest BCUT2D eigenvalue weighted by molar-refractivity contribution is 8.00. The molecule has 0 radical (unpaired) electrons. The number of primary amides is 1. The maximum absolute atomic E-state index is 12.1. The van der Waals surface area contributed by atoms with Crippen LogP contribution < -0.4 is 5.73 Å². The van der Waals surface area contributed by atoms with E-state index in [-0.39, 0.29) is 5.91 Å². The second-order valence-electron chi connectivity index (χ2n) is 3.98. The van der Waals surface area contributed by atoms with Crippen LogP contribution in [0.2, 0.25) is 0 Å². The molecule has 0 bridgehead atoms. The highest BCUT2D eigenvalue weighted by Gasteiger charge is 2.39. The smallest absolute Gasteiger partial charge is 0.242 e. The minimum absolute atomic E-state index is 0.340. The van der Waals surface area contributed by atoms with E-state index in [1.54, 1.807) is 0 Å². The molecule has 0 saturated heterocycles. The number of carbonyl (C=O) groups excluding carboxylic acids is 1. The van der Waals surface area contributed by atoms with Gasteiger partial charge < -0.3 is 5.73 Å². The van der Waals surface area contributed by atoms with Gasteiger partial charge in [-0.1, -0.05) is 60.7 Å². The molecule has 2 aromatic rings. The summed E-state index contributed by atoms with van der Waals surface area (Å²) < 4.78 is -0.817. The van der Waals surface area contributed by atoms with Crippen molar-refractivity contribution in [2.24, 2.45) is 5.73 Å². The molecule has 0 aliphatic carbocycles. The molecule has 2 nitrogen and oxygen atoms in total. The van der Waals surface area contributed by atoms with E-state index in [1.807, 2.05) is 66.9 Å². The van der Waals surface area contributed by atoms with E-state index in [0.717, 1.165) is 11.1 Å². The van der Waals surface area contributed by atoms with Crippen molar-refractivity contribution in [1.29, 1.82) is 0 Å². The van der Waals surface area contributed by atoms with E-state index in [1.165, 1.54) is 11.8 Å². The van der Waals surface area contributed by atoms with Gasteiger partial charge in [0.15, 0.2) is 0 Å². The van der Waals surface area contributed by atoms with Crippen molar-refractivity contribution in [1.82, 2.24) is 0 Å². The van der Waals surface area contributed by atoms with Crippen LogP contribution in [-0.4, -0.2) is 12.2 Å². The maximum Gasteiger partial charge on any atom is 0.242 e. The summed E-state index contributed by atoms with van der Waals surface area (Å²) in [6.45, 7) is 0. The summed E-state index contributed by atoms with van der Waals surface area (Å²) in [5, 5.41) is 0. The van der Waals surface area contributed by atoms with Crippen molar-refractivity contribution in [3.05, 3.63) is 71.8 Å². The van der Waals surface area contributed by atoms with Crippen molar-refractivity contribution >= 4 is 17.7 Å². The van der Waals surface area contributed by atoms with Crippen molar-refractivity contribution in [3.8, 4) is 0 Å². The lowest BCUT2D eigenvalue weighted by molar-refractivity contribution is -0.119. The van der Waals surface area contributed by atoms with Crippen LogP contribution in [0.25, 0.3) is 0 Å². The summed E-state index contributed by atoms with van der Waals surface area (Å²) >= 11 is 1.46. The summed E-state index contributed by atoms with van der Waals surface area (Å²) in [6, 6.07) is 19.3. The zero-order valence-corrected chi connectivity index (χ0v) is 11.0. The summed E-state index contributed by atoms with van der Waals surface area (Å²) in [5.74, 6) is -0.340. The predicted octanol–water partition coefficient (Wildman–Crippen LogP) is 2.78. The van der Waals surface area contributed by atoms with Crippen molar-refractivity contribution in [3.63, 3.8) is 0 Å². The molecule has 0 aromatic heterocycles. The van der Waals surface area contributed by atoms with Gasteiger partial charge in [-0.05, 0) is 17.4 Å². The summed E-state index contributed by atoms with van der Waals surface area (Å²) in [7, 11) is 0. The molecule has 2 aromatic carbocycles. The summed E-state index contributed by atoms with van der Waals surface area (Å²) in [4.78, 5) is 12.1. The highest BCUT2D eigenvalue weighted by atomic mass is 32.2. The quantitative estimate of drug-likeness (QED) is 0.915. The fraction of sp³-hybridized carbons (Fsp3) is 0.133. The third-order valence-corrected chi connectivity index (χ3v) is 4.30. The first-order valence-corrected chi connectivity index (χ1v) is 6.90. The maximum atomic E-state index is 12.1. The standard InChI is InChI=1S/C15H15NOS/c1-18-15(14(16)17,12-8-4-2-5-9-12)13-10-6-3-7-11-13/h2-11H,1H3,(H2,16,17). The van der Waals surface area contributed by atoms with E-state index < -0.39 is 4.75 Å². The second-order valence-corrected chi connectivity index (χ2v) is 5.00. The summed E-state index contributed by atoms with van der Waals surface area (Å²) in [6.07, 6.45) is 1.91. The number of carbonyl (C=O) groups is 1. The number of amides is 1. The average Bonchev–Trinajstić information content (AvgIpc) is 2.42. The first kappa shape index (κ1) is 12.7. The Balaban J connectivity index is 2.65. The zero-order chi connectivity index (χ0) is 13.0. The third-order valence-electron chi connectivity index (χ3n) is 3.01. The van der Waals surface area contributed by atoms with Gasteiger partial charge in [-0.2, -0.15) is 0 Å². The fourth-order valence-corrected chi connectivity index (χ4v) is 3.08. The van der Waals surface area contributed by atoms with Gasteiger partial charge in [0.2, 0.25) is 5.91 Å². The Labute approximate surface area is 111 Å². The van der Waals surface area contributed by atoms with Gasteiger partial charge in [0.25, 0.3) is 0 Å². The topological polar surface area (TPSA) is 43.1 Å². The number of hydrogen-bond acceptors (Lipinski definition) is 2. The SMILES string of the molecule is CSC(C(N)=O)(c1ccccc1)c1ccccc1. The van der Waals surface area contributed by atoms with Crippen LogP contribution in [0.4, 0.5) is 0 Å². The summed E-state index contributed by atoms with van der Waals surface area (Å²) in [5.41, 5.74) is 7.51. The fourth-order valence-electron chi connectivity index (χ4n) is 2.13. The van der Waals surface area contributed by atoms with Crippen LogP contribution in [0.1, 0.15) is 11.1 Å². The van der Waals surface area contributed by atoms with Gasteiger partial charge in [0, 0.05) is 0 Å². The molecule has 0 aliphatic rings. The van der Waals surface area contributed by atoms with Crippen LogP contribution >= 0.6 is 11.8 Å². The molecular formula is C15H15NOS. The largest absolute Gasteiger partial charge is 0.368 e. The zero-order valence-electron chi connectivity index (χ0n) is 10.2. The lowest BCUT2D eigenvalue weighted by Crippen LogP contribution is -2.39. The molecule has 0 aliphatic heterocycles. The predicted molar refractivity (Wildman–Crippen MR) is 76.4 cm³/mol. The van der Waals surface area contributed by atoms with E-state index in [0.29, 0.717) is 0 Å².